The van der Waals surface area contributed by atoms with Crippen molar-refractivity contribution in [3.63, 3.8) is 0 Å². The van der Waals surface area contributed by atoms with Crippen LogP contribution in [0, 0.1) is 0 Å². The Morgan fingerprint density at radius 3 is 2.26 bits per heavy atom. The number of para-hydroxylation sites is 1. The zero-order valence-electron chi connectivity index (χ0n) is 11.9. The van der Waals surface area contributed by atoms with Gasteiger partial charge in [0.2, 0.25) is 0 Å². The van der Waals surface area contributed by atoms with Gasteiger partial charge in [0.25, 0.3) is 0 Å². The molecule has 23 heavy (non-hydrogen) atoms. The second-order valence-electron chi connectivity index (χ2n) is 5.01. The van der Waals surface area contributed by atoms with Gasteiger partial charge < -0.3 is 5.11 Å². The van der Waals surface area contributed by atoms with Crippen LogP contribution in [0.5, 0.6) is 0 Å². The lowest BCUT2D eigenvalue weighted by atomic mass is 10.1. The molecule has 1 N–H and O–H groups in total. The molecule has 2 aromatic carbocycles. The molecule has 3 rings (SSSR count). The minimum absolute atomic E-state index is 0.194. The van der Waals surface area contributed by atoms with Crippen LogP contribution >= 0.6 is 0 Å². The van der Waals surface area contributed by atoms with Gasteiger partial charge in [0, 0.05) is 17.3 Å². The molecule has 0 bridgehead atoms. The first-order valence-electron chi connectivity index (χ1n) is 6.92. The average molecular weight is 318 g/mol. The smallest absolute Gasteiger partial charge is 0.379 e. The maximum absolute atomic E-state index is 12.8. The summed E-state index contributed by atoms with van der Waals surface area (Å²) < 4.78 is 39.8. The molecule has 0 saturated carbocycles. The maximum atomic E-state index is 12.8. The van der Waals surface area contributed by atoms with Crippen molar-refractivity contribution in [2.24, 2.45) is 0 Å². The average Bonchev–Trinajstić information content (AvgIpc) is 3.04. The molecule has 0 aliphatic rings. The molecule has 0 radical (unpaired) electrons. The third-order valence-electron chi connectivity index (χ3n) is 3.45. The topological polar surface area (TPSA) is 38.0 Å². The first kappa shape index (κ1) is 15.3. The van der Waals surface area contributed by atoms with E-state index in [9.17, 15) is 18.3 Å². The minimum Gasteiger partial charge on any atom is -0.379 e. The number of hydrogen-bond acceptors (Lipinski definition) is 2. The van der Waals surface area contributed by atoms with Gasteiger partial charge in [-0.2, -0.15) is 18.3 Å². The zero-order valence-corrected chi connectivity index (χ0v) is 11.9. The molecule has 6 heteroatoms. The highest BCUT2D eigenvalue weighted by Crippen LogP contribution is 2.35. The fourth-order valence-corrected chi connectivity index (χ4v) is 2.32. The van der Waals surface area contributed by atoms with Gasteiger partial charge in [0.05, 0.1) is 11.4 Å². The van der Waals surface area contributed by atoms with Crippen LogP contribution in [0.2, 0.25) is 0 Å². The fraction of sp³-hybridized carbons (Fsp3) is 0.118. The number of aromatic nitrogens is 2. The SMILES string of the molecule is OC(c1ccccc1-n1ccc(-c2ccccc2)n1)C(F)(F)F. The van der Waals surface area contributed by atoms with E-state index in [0.717, 1.165) is 5.56 Å². The van der Waals surface area contributed by atoms with Crippen molar-refractivity contribution < 1.29 is 18.3 Å². The van der Waals surface area contributed by atoms with E-state index in [0.29, 0.717) is 5.69 Å². The highest BCUT2D eigenvalue weighted by molar-refractivity contribution is 5.59. The molecule has 1 aromatic heterocycles. The molecule has 118 valence electrons. The molecule has 0 saturated heterocycles. The number of aliphatic hydroxyl groups excluding tert-OH is 1. The van der Waals surface area contributed by atoms with Crippen molar-refractivity contribution in [3.8, 4) is 16.9 Å². The number of halogens is 3. The van der Waals surface area contributed by atoms with Crippen molar-refractivity contribution in [3.05, 3.63) is 72.4 Å². The molecule has 1 unspecified atom stereocenters. The number of aliphatic hydroxyl groups is 1. The Morgan fingerprint density at radius 1 is 0.913 bits per heavy atom. The van der Waals surface area contributed by atoms with Crippen molar-refractivity contribution in [2.75, 3.05) is 0 Å². The summed E-state index contributed by atoms with van der Waals surface area (Å²) in [6.07, 6.45) is -5.71. The molecule has 0 aliphatic carbocycles. The van der Waals surface area contributed by atoms with Gasteiger partial charge in [-0.25, -0.2) is 4.68 Å². The molecule has 3 nitrogen and oxygen atoms in total. The summed E-state index contributed by atoms with van der Waals surface area (Å²) in [6, 6.07) is 16.8. The minimum atomic E-state index is -4.73. The van der Waals surface area contributed by atoms with E-state index in [-0.39, 0.29) is 11.3 Å². The molecule has 0 amide bonds. The lowest BCUT2D eigenvalue weighted by molar-refractivity contribution is -0.206. The summed E-state index contributed by atoms with van der Waals surface area (Å²) in [5.41, 5.74) is 1.46. The van der Waals surface area contributed by atoms with Gasteiger partial charge in [-0.05, 0) is 12.1 Å². The van der Waals surface area contributed by atoms with Crippen molar-refractivity contribution in [1.29, 1.82) is 0 Å². The van der Waals surface area contributed by atoms with E-state index < -0.39 is 12.3 Å². The summed E-state index contributed by atoms with van der Waals surface area (Å²) in [5.74, 6) is 0. The lowest BCUT2D eigenvalue weighted by Crippen LogP contribution is -2.21. The quantitative estimate of drug-likeness (QED) is 0.788. The summed E-state index contributed by atoms with van der Waals surface area (Å²) in [4.78, 5) is 0. The van der Waals surface area contributed by atoms with Crippen LogP contribution in [0.4, 0.5) is 13.2 Å². The van der Waals surface area contributed by atoms with E-state index in [1.807, 2.05) is 30.3 Å². The Labute approximate surface area is 130 Å². The van der Waals surface area contributed by atoms with Crippen LogP contribution in [0.15, 0.2) is 66.9 Å². The summed E-state index contributed by atoms with van der Waals surface area (Å²) in [5, 5.41) is 13.9. The summed E-state index contributed by atoms with van der Waals surface area (Å²) >= 11 is 0. The van der Waals surface area contributed by atoms with E-state index in [1.165, 1.54) is 22.9 Å². The highest BCUT2D eigenvalue weighted by atomic mass is 19.4. The van der Waals surface area contributed by atoms with Gasteiger partial charge in [-0.1, -0.05) is 48.5 Å². The summed E-state index contributed by atoms with van der Waals surface area (Å²) in [7, 11) is 0. The Morgan fingerprint density at radius 2 is 1.57 bits per heavy atom. The zero-order chi connectivity index (χ0) is 16.4. The molecule has 3 aromatic rings. The van der Waals surface area contributed by atoms with Crippen molar-refractivity contribution in [1.82, 2.24) is 9.78 Å². The molecule has 0 spiro atoms. The van der Waals surface area contributed by atoms with Gasteiger partial charge in [-0.3, -0.25) is 0 Å². The first-order valence-corrected chi connectivity index (χ1v) is 6.92. The highest BCUT2D eigenvalue weighted by Gasteiger charge is 2.40. The van der Waals surface area contributed by atoms with Crippen LogP contribution in [0.1, 0.15) is 11.7 Å². The second-order valence-corrected chi connectivity index (χ2v) is 5.01. The van der Waals surface area contributed by atoms with Crippen molar-refractivity contribution >= 4 is 0 Å². The monoisotopic (exact) mass is 318 g/mol. The van der Waals surface area contributed by atoms with Crippen molar-refractivity contribution in [2.45, 2.75) is 12.3 Å². The number of benzene rings is 2. The molecule has 1 heterocycles. The largest absolute Gasteiger partial charge is 0.418 e. The third-order valence-corrected chi connectivity index (χ3v) is 3.45. The molecule has 1 atom stereocenters. The standard InChI is InChI=1S/C17H13F3N2O/c18-17(19,20)16(23)13-8-4-5-9-15(13)22-11-10-14(21-22)12-6-2-1-3-7-12/h1-11,16,23H. The molecule has 0 aliphatic heterocycles. The Kier molecular flexibility index (Phi) is 3.92. The predicted octanol–water partition coefficient (Wildman–Crippen LogP) is 4.14. The van der Waals surface area contributed by atoms with Crippen LogP contribution in [0.3, 0.4) is 0 Å². The third kappa shape index (κ3) is 3.12. The Hall–Kier alpha value is -2.60. The second kappa shape index (κ2) is 5.89. The molecular formula is C17H13F3N2O. The van der Waals surface area contributed by atoms with Crippen LogP contribution < -0.4 is 0 Å². The van der Waals surface area contributed by atoms with Crippen LogP contribution in [-0.2, 0) is 0 Å². The van der Waals surface area contributed by atoms with Crippen LogP contribution in [-0.4, -0.2) is 21.1 Å². The van der Waals surface area contributed by atoms with Crippen LogP contribution in [0.25, 0.3) is 16.9 Å². The van der Waals surface area contributed by atoms with Gasteiger partial charge >= 0.3 is 6.18 Å². The van der Waals surface area contributed by atoms with E-state index >= 15 is 0 Å². The van der Waals surface area contributed by atoms with E-state index in [1.54, 1.807) is 18.3 Å². The van der Waals surface area contributed by atoms with E-state index in [4.69, 9.17) is 0 Å². The van der Waals surface area contributed by atoms with Gasteiger partial charge in [0.15, 0.2) is 6.10 Å². The number of nitrogens with zero attached hydrogens (tertiary/aromatic N) is 2. The summed E-state index contributed by atoms with van der Waals surface area (Å²) in [6.45, 7) is 0. The fourth-order valence-electron chi connectivity index (χ4n) is 2.32. The number of alkyl halides is 3. The first-order chi connectivity index (χ1) is 11.0. The van der Waals surface area contributed by atoms with Gasteiger partial charge in [0.1, 0.15) is 0 Å². The molecular weight excluding hydrogens is 305 g/mol. The Balaban J connectivity index is 2.02. The predicted molar refractivity (Wildman–Crippen MR) is 80.0 cm³/mol. The number of rotatable bonds is 3. The lowest BCUT2D eigenvalue weighted by Gasteiger charge is -2.18. The molecule has 0 fully saturated rings. The van der Waals surface area contributed by atoms with E-state index in [2.05, 4.69) is 5.10 Å². The Bertz CT molecular complexity index is 797. The normalized spacial score (nSPS) is 13.0. The van der Waals surface area contributed by atoms with Gasteiger partial charge in [-0.15, -0.1) is 0 Å². The number of hydrogen-bond donors (Lipinski definition) is 1. The maximum Gasteiger partial charge on any atom is 0.418 e.